The van der Waals surface area contributed by atoms with Gasteiger partial charge >= 0.3 is 12.4 Å². The molecule has 0 atom stereocenters. The number of rotatable bonds is 5. The summed E-state index contributed by atoms with van der Waals surface area (Å²) in [6.07, 6.45) is -11.6. The highest BCUT2D eigenvalue weighted by molar-refractivity contribution is 6.21. The number of ketones is 1. The molecular formula is C35H24F6N2O4. The molecule has 1 aliphatic heterocycles. The van der Waals surface area contributed by atoms with E-state index in [1.807, 2.05) is 25.1 Å². The molecule has 3 amide bonds. The summed E-state index contributed by atoms with van der Waals surface area (Å²) in [6, 6.07) is 14.2. The number of anilines is 1. The third-order valence-corrected chi connectivity index (χ3v) is 8.74. The zero-order valence-electron chi connectivity index (χ0n) is 25.0. The molecule has 4 aromatic carbocycles. The normalized spacial score (nSPS) is 14.2. The highest BCUT2D eigenvalue weighted by atomic mass is 19.4. The first-order chi connectivity index (χ1) is 22.0. The van der Waals surface area contributed by atoms with E-state index in [0.717, 1.165) is 53.9 Å². The van der Waals surface area contributed by atoms with Gasteiger partial charge in [0.25, 0.3) is 17.7 Å². The molecule has 6 nitrogen and oxygen atoms in total. The van der Waals surface area contributed by atoms with Crippen LogP contribution < -0.4 is 5.32 Å². The van der Waals surface area contributed by atoms with Crippen LogP contribution >= 0.6 is 0 Å². The number of hydrogen-bond acceptors (Lipinski definition) is 4. The van der Waals surface area contributed by atoms with Gasteiger partial charge in [0, 0.05) is 18.3 Å². The molecule has 0 saturated heterocycles. The summed E-state index contributed by atoms with van der Waals surface area (Å²) in [4.78, 5) is 51.5. The summed E-state index contributed by atoms with van der Waals surface area (Å²) < 4.78 is 90.0. The predicted octanol–water partition coefficient (Wildman–Crippen LogP) is 7.66. The van der Waals surface area contributed by atoms with Crippen molar-refractivity contribution in [2.24, 2.45) is 0 Å². The number of Topliss-reactive ketones (excluding diaryl/α,β-unsaturated/α-hetero) is 1. The molecule has 0 unspecified atom stereocenters. The Balaban J connectivity index is 1.47. The van der Waals surface area contributed by atoms with Crippen LogP contribution in [-0.2, 0) is 11.8 Å². The Morgan fingerprint density at radius 1 is 0.681 bits per heavy atom. The molecule has 0 saturated carbocycles. The summed E-state index contributed by atoms with van der Waals surface area (Å²) >= 11 is 0. The summed E-state index contributed by atoms with van der Waals surface area (Å²) in [5, 5.41) is 2.53. The van der Waals surface area contributed by atoms with Gasteiger partial charge in [-0.15, -0.1) is 0 Å². The van der Waals surface area contributed by atoms with Gasteiger partial charge in [0.2, 0.25) is 5.41 Å². The Bertz CT molecular complexity index is 2030. The van der Waals surface area contributed by atoms with E-state index < -0.39 is 69.1 Å². The second kappa shape index (κ2) is 10.6. The lowest BCUT2D eigenvalue weighted by molar-refractivity contribution is -0.288. The number of amides is 3. The maximum atomic E-state index is 15.0. The number of hydrogen-bond donors (Lipinski definition) is 1. The molecule has 1 aliphatic carbocycles. The molecule has 6 rings (SSSR count). The summed E-state index contributed by atoms with van der Waals surface area (Å²) in [7, 11) is 1.05. The van der Waals surface area contributed by atoms with Crippen molar-refractivity contribution in [1.82, 2.24) is 4.90 Å². The van der Waals surface area contributed by atoms with E-state index in [0.29, 0.717) is 35.6 Å². The lowest BCUT2D eigenvalue weighted by Gasteiger charge is -2.38. The van der Waals surface area contributed by atoms with Gasteiger partial charge in [-0.1, -0.05) is 48.0 Å². The fourth-order valence-corrected chi connectivity index (χ4v) is 6.46. The summed E-state index contributed by atoms with van der Waals surface area (Å²) in [5.41, 5.74) is -4.49. The van der Waals surface area contributed by atoms with E-state index in [1.165, 1.54) is 0 Å². The van der Waals surface area contributed by atoms with Gasteiger partial charge in [0.1, 0.15) is 0 Å². The monoisotopic (exact) mass is 650 g/mol. The molecule has 1 N–H and O–H groups in total. The van der Waals surface area contributed by atoms with E-state index >= 15 is 0 Å². The largest absolute Gasteiger partial charge is 0.411 e. The quantitative estimate of drug-likeness (QED) is 0.120. The second-order valence-corrected chi connectivity index (χ2v) is 11.7. The van der Waals surface area contributed by atoms with Gasteiger partial charge in [0.15, 0.2) is 5.78 Å². The lowest BCUT2D eigenvalue weighted by Crippen LogP contribution is -2.55. The Kier molecular flexibility index (Phi) is 7.18. The predicted molar refractivity (Wildman–Crippen MR) is 160 cm³/mol. The molecule has 0 radical (unpaired) electrons. The van der Waals surface area contributed by atoms with Crippen molar-refractivity contribution in [2.45, 2.75) is 38.0 Å². The van der Waals surface area contributed by atoms with E-state index in [4.69, 9.17) is 0 Å². The number of benzene rings is 4. The SMILES string of the molecule is CC(=O)c1ccc(C(c2ccc3c(c2)C(=O)N(C)C3=O)(C(F)(F)F)C(F)(F)F)cc1C(=O)Nc1ccc2c(c1)Cc1cc(C)ccc1-2. The number of alkyl halides is 6. The molecule has 0 fully saturated rings. The first-order valence-corrected chi connectivity index (χ1v) is 14.3. The molecule has 2 aliphatic rings. The first kappa shape index (κ1) is 31.7. The Morgan fingerprint density at radius 3 is 1.87 bits per heavy atom. The van der Waals surface area contributed by atoms with Crippen LogP contribution in [0.5, 0.6) is 0 Å². The van der Waals surface area contributed by atoms with Crippen LogP contribution in [0.2, 0.25) is 0 Å². The third-order valence-electron chi connectivity index (χ3n) is 8.74. The standard InChI is InChI=1S/C35H24F6N2O4/c1-17-4-8-25-19(12-17)13-20-14-23(7-11-26(20)25)42-30(45)28-15-21(5-9-24(28)18(2)44)33(34(36,37)38,35(39,40)41)22-6-10-27-29(16-22)32(47)43(3)31(27)46/h4-12,14-16H,13H2,1-3H3,(H,42,45). The van der Waals surface area contributed by atoms with Crippen molar-refractivity contribution < 1.29 is 45.5 Å². The van der Waals surface area contributed by atoms with Crippen LogP contribution in [0.4, 0.5) is 32.0 Å². The van der Waals surface area contributed by atoms with Crippen molar-refractivity contribution in [2.75, 3.05) is 12.4 Å². The van der Waals surface area contributed by atoms with E-state index in [2.05, 4.69) is 5.32 Å². The molecular weight excluding hydrogens is 626 g/mol. The van der Waals surface area contributed by atoms with E-state index in [9.17, 15) is 45.5 Å². The van der Waals surface area contributed by atoms with Crippen LogP contribution in [0.25, 0.3) is 11.1 Å². The minimum atomic E-state index is -6.06. The molecule has 0 aromatic heterocycles. The molecule has 1 heterocycles. The topological polar surface area (TPSA) is 83.6 Å². The number of halogens is 6. The fraction of sp³-hybridized carbons (Fsp3) is 0.200. The second-order valence-electron chi connectivity index (χ2n) is 11.7. The van der Waals surface area contributed by atoms with E-state index in [-0.39, 0.29) is 11.3 Å². The number of imide groups is 1. The van der Waals surface area contributed by atoms with E-state index in [1.54, 1.807) is 18.2 Å². The van der Waals surface area contributed by atoms with Crippen molar-refractivity contribution in [3.8, 4) is 11.1 Å². The van der Waals surface area contributed by atoms with Crippen molar-refractivity contribution in [3.05, 3.63) is 123 Å². The fourth-order valence-electron chi connectivity index (χ4n) is 6.46. The highest BCUT2D eigenvalue weighted by Gasteiger charge is 2.72. The van der Waals surface area contributed by atoms with Gasteiger partial charge < -0.3 is 5.32 Å². The maximum Gasteiger partial charge on any atom is 0.411 e. The van der Waals surface area contributed by atoms with Crippen LogP contribution in [0.15, 0.2) is 72.8 Å². The Morgan fingerprint density at radius 2 is 1.23 bits per heavy atom. The molecule has 0 spiro atoms. The minimum absolute atomic E-state index is 0.224. The third kappa shape index (κ3) is 4.81. The first-order valence-electron chi connectivity index (χ1n) is 14.3. The van der Waals surface area contributed by atoms with Crippen LogP contribution in [0, 0.1) is 6.92 Å². The average molecular weight is 651 g/mol. The summed E-state index contributed by atoms with van der Waals surface area (Å²) in [5.74, 6) is -3.81. The molecule has 240 valence electrons. The zero-order chi connectivity index (χ0) is 34.2. The van der Waals surface area contributed by atoms with Gasteiger partial charge in [-0.3, -0.25) is 24.1 Å². The number of fused-ring (bicyclic) bond motifs is 4. The average Bonchev–Trinajstić information content (AvgIpc) is 3.44. The van der Waals surface area contributed by atoms with Gasteiger partial charge in [-0.2, -0.15) is 26.3 Å². The smallest absolute Gasteiger partial charge is 0.322 e. The Hall–Kier alpha value is -5.26. The lowest BCUT2D eigenvalue weighted by atomic mass is 9.71. The van der Waals surface area contributed by atoms with Gasteiger partial charge in [0.05, 0.1) is 16.7 Å². The van der Waals surface area contributed by atoms with Crippen molar-refractivity contribution in [3.63, 3.8) is 0 Å². The molecule has 0 bridgehead atoms. The molecule has 47 heavy (non-hydrogen) atoms. The van der Waals surface area contributed by atoms with Crippen LogP contribution in [-0.4, -0.2) is 47.8 Å². The van der Waals surface area contributed by atoms with Crippen molar-refractivity contribution >= 4 is 29.2 Å². The van der Waals surface area contributed by atoms with Gasteiger partial charge in [-0.25, -0.2) is 0 Å². The van der Waals surface area contributed by atoms with Crippen LogP contribution in [0.1, 0.15) is 76.2 Å². The number of aryl methyl sites for hydroxylation is 1. The number of nitrogens with one attached hydrogen (secondary N) is 1. The highest BCUT2D eigenvalue weighted by Crippen LogP contribution is 2.57. The number of carbonyl (C=O) groups is 4. The van der Waals surface area contributed by atoms with Gasteiger partial charge in [-0.05, 0) is 84.0 Å². The van der Waals surface area contributed by atoms with Crippen LogP contribution in [0.3, 0.4) is 0 Å². The van der Waals surface area contributed by atoms with Crippen molar-refractivity contribution in [1.29, 1.82) is 0 Å². The zero-order valence-corrected chi connectivity index (χ0v) is 25.0. The molecule has 4 aromatic rings. The minimum Gasteiger partial charge on any atom is -0.322 e. The Labute approximate surface area is 264 Å². The number of nitrogens with zero attached hydrogens (tertiary/aromatic N) is 1. The number of carbonyl (C=O) groups excluding carboxylic acids is 4. The maximum absolute atomic E-state index is 15.0. The molecule has 12 heteroatoms. The summed E-state index contributed by atoms with van der Waals surface area (Å²) in [6.45, 7) is 2.98.